The summed E-state index contributed by atoms with van der Waals surface area (Å²) in [7, 11) is 0. The van der Waals surface area contributed by atoms with Gasteiger partial charge in [0.15, 0.2) is 16.5 Å². The fourth-order valence-electron chi connectivity index (χ4n) is 1.98. The minimum Gasteiger partial charge on any atom is -0.490 e. The molecule has 0 radical (unpaired) electrons. The minimum absolute atomic E-state index is 0.402. The summed E-state index contributed by atoms with van der Waals surface area (Å²) in [6.45, 7) is 2.39. The van der Waals surface area contributed by atoms with Crippen molar-refractivity contribution in [2.75, 3.05) is 12.3 Å². The highest BCUT2D eigenvalue weighted by Crippen LogP contribution is 2.28. The first-order chi connectivity index (χ1) is 9.69. The van der Waals surface area contributed by atoms with Crippen LogP contribution in [0.5, 0.6) is 5.75 Å². The molecular formula is C14H12N2O3S. The first kappa shape index (κ1) is 12.7. The van der Waals surface area contributed by atoms with E-state index in [0.29, 0.717) is 34.3 Å². The molecule has 0 fully saturated rings. The van der Waals surface area contributed by atoms with Crippen LogP contribution in [0.25, 0.3) is 22.2 Å². The van der Waals surface area contributed by atoms with Gasteiger partial charge >= 0.3 is 5.63 Å². The molecule has 6 heteroatoms. The largest absolute Gasteiger partial charge is 0.490 e. The zero-order valence-corrected chi connectivity index (χ0v) is 11.6. The maximum Gasteiger partial charge on any atom is 0.345 e. The summed E-state index contributed by atoms with van der Waals surface area (Å²) in [5, 5.41) is 2.94. The van der Waals surface area contributed by atoms with Gasteiger partial charge in [-0.05, 0) is 19.1 Å². The van der Waals surface area contributed by atoms with Crippen LogP contribution in [0.4, 0.5) is 5.13 Å². The van der Waals surface area contributed by atoms with Gasteiger partial charge in [0.05, 0.1) is 17.9 Å². The lowest BCUT2D eigenvalue weighted by molar-refractivity contribution is 0.337. The maximum atomic E-state index is 12.1. The molecule has 2 N–H and O–H groups in total. The van der Waals surface area contributed by atoms with Crippen LogP contribution in [-0.2, 0) is 0 Å². The molecule has 0 atom stereocenters. The van der Waals surface area contributed by atoms with Crippen LogP contribution in [-0.4, -0.2) is 11.6 Å². The zero-order valence-electron chi connectivity index (χ0n) is 10.8. The van der Waals surface area contributed by atoms with Crippen molar-refractivity contribution in [1.29, 1.82) is 0 Å². The van der Waals surface area contributed by atoms with Gasteiger partial charge in [-0.3, -0.25) is 0 Å². The number of rotatable bonds is 3. The topological polar surface area (TPSA) is 78.4 Å². The number of fused-ring (bicyclic) bond motifs is 1. The van der Waals surface area contributed by atoms with E-state index in [1.807, 2.05) is 19.1 Å². The van der Waals surface area contributed by atoms with Gasteiger partial charge in [-0.1, -0.05) is 12.1 Å². The molecule has 2 heterocycles. The third kappa shape index (κ3) is 2.14. The average molecular weight is 288 g/mol. The Hall–Kier alpha value is -2.34. The monoisotopic (exact) mass is 288 g/mol. The Morgan fingerprint density at radius 3 is 3.00 bits per heavy atom. The molecule has 20 heavy (non-hydrogen) atoms. The van der Waals surface area contributed by atoms with Crippen molar-refractivity contribution in [2.24, 2.45) is 0 Å². The van der Waals surface area contributed by atoms with Crippen LogP contribution < -0.4 is 16.1 Å². The number of anilines is 1. The fourth-order valence-corrected chi connectivity index (χ4v) is 2.54. The molecule has 5 nitrogen and oxygen atoms in total. The van der Waals surface area contributed by atoms with Crippen LogP contribution in [0, 0.1) is 0 Å². The highest BCUT2D eigenvalue weighted by atomic mass is 32.1. The Morgan fingerprint density at radius 2 is 2.30 bits per heavy atom. The molecule has 3 aromatic rings. The third-order valence-corrected chi connectivity index (χ3v) is 3.50. The summed E-state index contributed by atoms with van der Waals surface area (Å²) >= 11 is 1.29. The molecule has 0 saturated heterocycles. The van der Waals surface area contributed by atoms with Crippen LogP contribution in [0.2, 0.25) is 0 Å². The van der Waals surface area contributed by atoms with Crippen molar-refractivity contribution in [3.05, 3.63) is 40.1 Å². The fraction of sp³-hybridized carbons (Fsp3) is 0.143. The Balaban J connectivity index is 2.22. The van der Waals surface area contributed by atoms with E-state index in [-0.39, 0.29) is 0 Å². The average Bonchev–Trinajstić information content (AvgIpc) is 2.86. The van der Waals surface area contributed by atoms with E-state index in [4.69, 9.17) is 14.9 Å². The lowest BCUT2D eigenvalue weighted by Crippen LogP contribution is -2.04. The van der Waals surface area contributed by atoms with E-state index in [1.54, 1.807) is 17.5 Å². The van der Waals surface area contributed by atoms with Gasteiger partial charge in [0.2, 0.25) is 0 Å². The van der Waals surface area contributed by atoms with Crippen LogP contribution in [0.3, 0.4) is 0 Å². The quantitative estimate of drug-likeness (QED) is 0.750. The van der Waals surface area contributed by atoms with Crippen molar-refractivity contribution in [2.45, 2.75) is 6.92 Å². The molecule has 0 aliphatic heterocycles. The molecule has 0 saturated carbocycles. The van der Waals surface area contributed by atoms with Gasteiger partial charge in [0.25, 0.3) is 0 Å². The molecule has 0 amide bonds. The Bertz CT molecular complexity index is 823. The van der Waals surface area contributed by atoms with Crippen molar-refractivity contribution in [1.82, 2.24) is 4.98 Å². The maximum absolute atomic E-state index is 12.1. The number of nitrogen functional groups attached to an aromatic ring is 1. The number of ether oxygens (including phenoxy) is 1. The highest BCUT2D eigenvalue weighted by Gasteiger charge is 2.13. The summed E-state index contributed by atoms with van der Waals surface area (Å²) < 4.78 is 10.8. The second-order valence-corrected chi connectivity index (χ2v) is 5.02. The number of para-hydroxylation sites is 1. The highest BCUT2D eigenvalue weighted by molar-refractivity contribution is 7.13. The first-order valence-electron chi connectivity index (χ1n) is 6.10. The Kier molecular flexibility index (Phi) is 3.15. The van der Waals surface area contributed by atoms with E-state index in [0.717, 1.165) is 5.39 Å². The molecule has 0 unspecified atom stereocenters. The predicted molar refractivity (Wildman–Crippen MR) is 79.2 cm³/mol. The van der Waals surface area contributed by atoms with E-state index in [9.17, 15) is 4.79 Å². The number of benzene rings is 1. The van der Waals surface area contributed by atoms with Gasteiger partial charge in [0.1, 0.15) is 0 Å². The molecule has 2 aromatic heterocycles. The van der Waals surface area contributed by atoms with Gasteiger partial charge in [0, 0.05) is 10.8 Å². The van der Waals surface area contributed by atoms with Crippen LogP contribution in [0.1, 0.15) is 6.92 Å². The van der Waals surface area contributed by atoms with Gasteiger partial charge in [-0.15, -0.1) is 11.3 Å². The summed E-state index contributed by atoms with van der Waals surface area (Å²) in [5.41, 5.74) is 6.53. The minimum atomic E-state index is -0.449. The summed E-state index contributed by atoms with van der Waals surface area (Å²) in [6, 6.07) is 7.24. The summed E-state index contributed by atoms with van der Waals surface area (Å²) in [5.74, 6) is 0.562. The summed E-state index contributed by atoms with van der Waals surface area (Å²) in [6.07, 6.45) is 0. The molecular weight excluding hydrogens is 276 g/mol. The van der Waals surface area contributed by atoms with Crippen molar-refractivity contribution < 1.29 is 9.15 Å². The first-order valence-corrected chi connectivity index (χ1v) is 6.98. The van der Waals surface area contributed by atoms with Gasteiger partial charge in [-0.2, -0.15) is 0 Å². The second kappa shape index (κ2) is 4.97. The van der Waals surface area contributed by atoms with E-state index in [2.05, 4.69) is 4.98 Å². The molecule has 0 aliphatic rings. The van der Waals surface area contributed by atoms with E-state index in [1.165, 1.54) is 11.3 Å². The van der Waals surface area contributed by atoms with Crippen molar-refractivity contribution in [3.63, 3.8) is 0 Å². The molecule has 0 spiro atoms. The Labute approximate surface area is 118 Å². The van der Waals surface area contributed by atoms with Gasteiger partial charge < -0.3 is 14.9 Å². The Morgan fingerprint density at radius 1 is 1.45 bits per heavy atom. The van der Waals surface area contributed by atoms with E-state index >= 15 is 0 Å². The van der Waals surface area contributed by atoms with Crippen LogP contribution in [0.15, 0.2) is 38.9 Å². The number of nitrogens with two attached hydrogens (primary N) is 1. The van der Waals surface area contributed by atoms with Gasteiger partial charge in [-0.25, -0.2) is 9.78 Å². The third-order valence-electron chi connectivity index (χ3n) is 2.82. The smallest absolute Gasteiger partial charge is 0.345 e. The number of hydrogen-bond acceptors (Lipinski definition) is 6. The normalized spacial score (nSPS) is 10.8. The molecule has 0 bridgehead atoms. The standard InChI is InChI=1S/C14H12N2O3S/c1-2-18-11-5-3-4-8-6-9(13(17)19-12(8)11)10-7-20-14(15)16-10/h3-7H,2H2,1H3,(H2,15,16). The van der Waals surface area contributed by atoms with Crippen molar-refractivity contribution in [3.8, 4) is 17.0 Å². The lowest BCUT2D eigenvalue weighted by Gasteiger charge is -2.06. The lowest BCUT2D eigenvalue weighted by atomic mass is 10.1. The van der Waals surface area contributed by atoms with Crippen LogP contribution >= 0.6 is 11.3 Å². The SMILES string of the molecule is CCOc1cccc2cc(-c3csc(N)n3)c(=O)oc12. The predicted octanol–water partition coefficient (Wildman–Crippen LogP) is 2.90. The van der Waals surface area contributed by atoms with E-state index < -0.39 is 5.63 Å². The molecule has 0 aliphatic carbocycles. The summed E-state index contributed by atoms with van der Waals surface area (Å²) in [4.78, 5) is 16.2. The number of nitrogens with zero attached hydrogens (tertiary/aromatic N) is 1. The van der Waals surface area contributed by atoms with Crippen molar-refractivity contribution >= 4 is 27.4 Å². The number of aromatic nitrogens is 1. The molecule has 1 aromatic carbocycles. The molecule has 102 valence electrons. The zero-order chi connectivity index (χ0) is 14.1. The second-order valence-electron chi connectivity index (χ2n) is 4.13. The molecule has 3 rings (SSSR count). The number of hydrogen-bond donors (Lipinski definition) is 1. The number of thiazole rings is 1.